The number of likely N-dealkylation sites (N-methyl/N-ethyl adjacent to an activating group) is 1. The van der Waals surface area contributed by atoms with Crippen molar-refractivity contribution in [3.05, 3.63) is 83.4 Å². The van der Waals surface area contributed by atoms with Crippen molar-refractivity contribution in [2.45, 2.75) is 44.0 Å². The molecule has 0 radical (unpaired) electrons. The van der Waals surface area contributed by atoms with Gasteiger partial charge in [0, 0.05) is 30.9 Å². The molecule has 0 spiro atoms. The Bertz CT molecular complexity index is 1630. The highest BCUT2D eigenvalue weighted by atomic mass is 32.2. The highest BCUT2D eigenvalue weighted by Crippen LogP contribution is 2.32. The van der Waals surface area contributed by atoms with Crippen molar-refractivity contribution in [1.29, 1.82) is 0 Å². The van der Waals surface area contributed by atoms with Gasteiger partial charge in [-0.05, 0) is 68.4 Å². The van der Waals surface area contributed by atoms with E-state index in [2.05, 4.69) is 10.0 Å². The molecule has 1 aliphatic rings. The van der Waals surface area contributed by atoms with Crippen LogP contribution in [0.3, 0.4) is 0 Å². The van der Waals surface area contributed by atoms with Gasteiger partial charge in [-0.25, -0.2) is 13.2 Å². The number of hydrogen-bond acceptors (Lipinski definition) is 6. The summed E-state index contributed by atoms with van der Waals surface area (Å²) in [6, 6.07) is 13.5. The Hall–Kier alpha value is -4.30. The minimum Gasteiger partial charge on any atom is -0.487 e. The fourth-order valence-electron chi connectivity index (χ4n) is 4.75. The molecule has 3 N–H and O–H groups in total. The standard InChI is InChI=1S/C31H35F3N4O6S/c1-19-5-12-25(13-6-19)45(42,43)36-24-11-14-27-26(15-24)29(40)38(21(3)18-39)16-20(2)28(44-27)17-37(4)30(41)35-23-9-7-22(8-10-23)31(32,33)34/h5-15,20-21,28,36,39H,16-18H2,1-4H3,(H,35,41)/t20-,21+,28-/m1/s1. The van der Waals surface area contributed by atoms with Crippen LogP contribution in [0.25, 0.3) is 0 Å². The molecule has 0 bridgehead atoms. The van der Waals surface area contributed by atoms with E-state index in [9.17, 15) is 36.3 Å². The van der Waals surface area contributed by atoms with E-state index >= 15 is 0 Å². The van der Waals surface area contributed by atoms with Crippen LogP contribution in [0.15, 0.2) is 71.6 Å². The van der Waals surface area contributed by atoms with Crippen LogP contribution in [0.2, 0.25) is 0 Å². The van der Waals surface area contributed by atoms with Crippen LogP contribution >= 0.6 is 0 Å². The smallest absolute Gasteiger partial charge is 0.416 e. The predicted octanol–water partition coefficient (Wildman–Crippen LogP) is 5.20. The first kappa shape index (κ1) is 33.6. The number of rotatable bonds is 8. The number of hydrogen-bond donors (Lipinski definition) is 3. The number of urea groups is 1. The van der Waals surface area contributed by atoms with Gasteiger partial charge in [0.2, 0.25) is 0 Å². The maximum atomic E-state index is 13.7. The van der Waals surface area contributed by atoms with Gasteiger partial charge in [0.1, 0.15) is 11.9 Å². The Kier molecular flexibility index (Phi) is 9.98. The molecule has 0 saturated heterocycles. The Morgan fingerprint density at radius 1 is 1.09 bits per heavy atom. The number of aliphatic hydroxyl groups excluding tert-OH is 1. The molecule has 3 atom stereocenters. The third-order valence-corrected chi connectivity index (χ3v) is 8.91. The molecular weight excluding hydrogens is 613 g/mol. The molecule has 0 aromatic heterocycles. The van der Waals surface area contributed by atoms with Crippen molar-refractivity contribution in [3.63, 3.8) is 0 Å². The van der Waals surface area contributed by atoms with E-state index in [1.807, 2.05) is 13.8 Å². The minimum atomic E-state index is -4.50. The molecule has 0 aliphatic carbocycles. The number of ether oxygens (including phenoxy) is 1. The van der Waals surface area contributed by atoms with Crippen molar-refractivity contribution in [1.82, 2.24) is 9.80 Å². The summed E-state index contributed by atoms with van der Waals surface area (Å²) in [5, 5.41) is 12.5. The summed E-state index contributed by atoms with van der Waals surface area (Å²) in [6.07, 6.45) is -5.17. The molecule has 4 rings (SSSR count). The number of halogens is 3. The van der Waals surface area contributed by atoms with Crippen molar-refractivity contribution < 1.29 is 41.0 Å². The average molecular weight is 649 g/mol. The summed E-state index contributed by atoms with van der Waals surface area (Å²) in [4.78, 5) is 29.5. The summed E-state index contributed by atoms with van der Waals surface area (Å²) in [5.41, 5.74) is 0.411. The minimum absolute atomic E-state index is 0.0322. The number of anilines is 2. The van der Waals surface area contributed by atoms with E-state index in [1.54, 1.807) is 19.1 Å². The van der Waals surface area contributed by atoms with E-state index in [4.69, 9.17) is 4.74 Å². The number of nitrogens with zero attached hydrogens (tertiary/aromatic N) is 2. The Balaban J connectivity index is 1.57. The summed E-state index contributed by atoms with van der Waals surface area (Å²) < 4.78 is 73.5. The van der Waals surface area contributed by atoms with Gasteiger partial charge in [-0.15, -0.1) is 0 Å². The second kappa shape index (κ2) is 13.4. The van der Waals surface area contributed by atoms with Crippen molar-refractivity contribution >= 4 is 33.3 Å². The first-order valence-corrected chi connectivity index (χ1v) is 15.6. The molecule has 45 heavy (non-hydrogen) atoms. The lowest BCUT2D eigenvalue weighted by Crippen LogP contribution is -2.50. The van der Waals surface area contributed by atoms with Crippen LogP contribution in [0.4, 0.5) is 29.3 Å². The molecule has 0 unspecified atom stereocenters. The number of aliphatic hydroxyl groups is 1. The summed E-state index contributed by atoms with van der Waals surface area (Å²) in [7, 11) is -2.47. The number of carbonyl (C=O) groups excluding carboxylic acids is 2. The third-order valence-electron chi connectivity index (χ3n) is 7.51. The fourth-order valence-corrected chi connectivity index (χ4v) is 5.80. The molecular formula is C31H35F3N4O6S. The molecule has 14 heteroatoms. The zero-order chi connectivity index (χ0) is 33.1. The van der Waals surface area contributed by atoms with Crippen LogP contribution in [-0.4, -0.2) is 74.2 Å². The lowest BCUT2D eigenvalue weighted by molar-refractivity contribution is -0.137. The maximum absolute atomic E-state index is 13.7. The van der Waals surface area contributed by atoms with Gasteiger partial charge < -0.3 is 25.0 Å². The highest BCUT2D eigenvalue weighted by molar-refractivity contribution is 7.92. The number of alkyl halides is 3. The van der Waals surface area contributed by atoms with Crippen molar-refractivity contribution in [2.24, 2.45) is 5.92 Å². The number of sulfonamides is 1. The third kappa shape index (κ3) is 8.05. The van der Waals surface area contributed by atoms with Gasteiger partial charge in [0.25, 0.3) is 15.9 Å². The van der Waals surface area contributed by atoms with Gasteiger partial charge in [-0.3, -0.25) is 9.52 Å². The van der Waals surface area contributed by atoms with E-state index in [1.165, 1.54) is 47.2 Å². The number of aryl methyl sites for hydroxylation is 1. The molecule has 3 amide bonds. The van der Waals surface area contributed by atoms with Gasteiger partial charge >= 0.3 is 12.2 Å². The number of nitrogens with one attached hydrogen (secondary N) is 2. The molecule has 3 aromatic rings. The fraction of sp³-hybridized carbons (Fsp3) is 0.355. The van der Waals surface area contributed by atoms with Crippen LogP contribution in [0.5, 0.6) is 5.75 Å². The van der Waals surface area contributed by atoms with E-state index in [0.717, 1.165) is 29.8 Å². The number of carbonyl (C=O) groups is 2. The lowest BCUT2D eigenvalue weighted by atomic mass is 9.99. The number of fused-ring (bicyclic) bond motifs is 1. The molecule has 1 aliphatic heterocycles. The molecule has 3 aromatic carbocycles. The second-order valence-corrected chi connectivity index (χ2v) is 12.8. The Morgan fingerprint density at radius 3 is 2.31 bits per heavy atom. The van der Waals surface area contributed by atoms with Gasteiger partial charge in [-0.2, -0.15) is 13.2 Å². The van der Waals surface area contributed by atoms with Crippen LogP contribution < -0.4 is 14.8 Å². The van der Waals surface area contributed by atoms with E-state index in [0.29, 0.717) is 0 Å². The average Bonchev–Trinajstić information content (AvgIpc) is 2.98. The summed E-state index contributed by atoms with van der Waals surface area (Å²) >= 11 is 0. The SMILES string of the molecule is Cc1ccc(S(=O)(=O)Nc2ccc3c(c2)C(=O)N([C@@H](C)CO)C[C@@H](C)[C@@H](CN(C)C(=O)Nc2ccc(C(F)(F)F)cc2)O3)cc1. The normalized spacial score (nSPS) is 17.8. The van der Waals surface area contributed by atoms with Gasteiger partial charge in [-0.1, -0.05) is 24.6 Å². The summed E-state index contributed by atoms with van der Waals surface area (Å²) in [5.74, 6) is -0.653. The van der Waals surface area contributed by atoms with E-state index < -0.39 is 45.8 Å². The largest absolute Gasteiger partial charge is 0.487 e. The zero-order valence-corrected chi connectivity index (χ0v) is 25.9. The van der Waals surface area contributed by atoms with Crippen molar-refractivity contribution in [2.75, 3.05) is 36.8 Å². The summed E-state index contributed by atoms with van der Waals surface area (Å²) in [6.45, 7) is 5.19. The topological polar surface area (TPSA) is 128 Å². The first-order chi connectivity index (χ1) is 21.1. The Labute approximate surface area is 259 Å². The van der Waals surface area contributed by atoms with Crippen molar-refractivity contribution in [3.8, 4) is 5.75 Å². The van der Waals surface area contributed by atoms with Gasteiger partial charge in [0.15, 0.2) is 0 Å². The van der Waals surface area contributed by atoms with Crippen LogP contribution in [-0.2, 0) is 16.2 Å². The highest BCUT2D eigenvalue weighted by Gasteiger charge is 2.34. The van der Waals surface area contributed by atoms with Gasteiger partial charge in [0.05, 0.1) is 35.2 Å². The molecule has 1 heterocycles. The molecule has 0 fully saturated rings. The maximum Gasteiger partial charge on any atom is 0.416 e. The zero-order valence-electron chi connectivity index (χ0n) is 25.1. The first-order valence-electron chi connectivity index (χ1n) is 14.1. The predicted molar refractivity (Wildman–Crippen MR) is 163 cm³/mol. The van der Waals surface area contributed by atoms with Crippen LogP contribution in [0.1, 0.15) is 35.3 Å². The lowest BCUT2D eigenvalue weighted by Gasteiger charge is -2.38. The molecule has 242 valence electrons. The Morgan fingerprint density at radius 2 is 1.71 bits per heavy atom. The number of amides is 3. The van der Waals surface area contributed by atoms with Crippen LogP contribution in [0, 0.1) is 12.8 Å². The van der Waals surface area contributed by atoms with E-state index in [-0.39, 0.29) is 53.2 Å². The monoisotopic (exact) mass is 648 g/mol. The number of benzene rings is 3. The molecule has 0 saturated carbocycles. The quantitative estimate of drug-likeness (QED) is 0.308. The second-order valence-electron chi connectivity index (χ2n) is 11.1. The molecule has 10 nitrogen and oxygen atoms in total.